The highest BCUT2D eigenvalue weighted by molar-refractivity contribution is 6.06. The maximum absolute atomic E-state index is 12.5. The molecule has 33 heavy (non-hydrogen) atoms. The number of nitro benzene ring substituents is 1. The summed E-state index contributed by atoms with van der Waals surface area (Å²) in [5, 5.41) is 16.7. The highest BCUT2D eigenvalue weighted by Crippen LogP contribution is 2.28. The zero-order valence-corrected chi connectivity index (χ0v) is 18.8. The van der Waals surface area contributed by atoms with Crippen LogP contribution in [-0.2, 0) is 5.41 Å². The lowest BCUT2D eigenvalue weighted by Gasteiger charge is -2.19. The lowest BCUT2D eigenvalue weighted by Crippen LogP contribution is -2.14. The maximum atomic E-state index is 12.5. The van der Waals surface area contributed by atoms with Crippen LogP contribution in [0.5, 0.6) is 5.75 Å². The smallest absolute Gasteiger partial charge is 0.311 e. The quantitative estimate of drug-likeness (QED) is 0.388. The van der Waals surface area contributed by atoms with Gasteiger partial charge in [0.25, 0.3) is 11.8 Å². The molecule has 0 aliphatic heterocycles. The van der Waals surface area contributed by atoms with Crippen molar-refractivity contribution in [2.75, 3.05) is 17.7 Å². The summed E-state index contributed by atoms with van der Waals surface area (Å²) >= 11 is 0. The fourth-order valence-electron chi connectivity index (χ4n) is 3.14. The van der Waals surface area contributed by atoms with Crippen molar-refractivity contribution >= 4 is 28.9 Å². The van der Waals surface area contributed by atoms with E-state index in [2.05, 4.69) is 31.4 Å². The molecule has 0 bridgehead atoms. The van der Waals surface area contributed by atoms with E-state index in [1.165, 1.54) is 19.2 Å². The Labute approximate surface area is 191 Å². The Balaban J connectivity index is 1.65. The van der Waals surface area contributed by atoms with E-state index in [0.717, 1.165) is 11.6 Å². The topological polar surface area (TPSA) is 111 Å². The fraction of sp³-hybridized carbons (Fsp3) is 0.200. The Kier molecular flexibility index (Phi) is 6.77. The van der Waals surface area contributed by atoms with Crippen LogP contribution >= 0.6 is 0 Å². The number of anilines is 2. The average Bonchev–Trinajstić information content (AvgIpc) is 2.79. The number of hydrogen-bond acceptors (Lipinski definition) is 5. The van der Waals surface area contributed by atoms with Crippen LogP contribution < -0.4 is 15.4 Å². The molecule has 0 saturated carbocycles. The number of carbonyl (C=O) groups is 2. The zero-order chi connectivity index (χ0) is 24.2. The second kappa shape index (κ2) is 9.52. The molecule has 8 heteroatoms. The van der Waals surface area contributed by atoms with E-state index in [0.29, 0.717) is 16.9 Å². The molecule has 8 nitrogen and oxygen atoms in total. The van der Waals surface area contributed by atoms with Gasteiger partial charge in [-0.05, 0) is 59.5 Å². The first-order valence-corrected chi connectivity index (χ1v) is 10.2. The molecule has 0 spiro atoms. The molecule has 0 saturated heterocycles. The Morgan fingerprint density at radius 3 is 1.76 bits per heavy atom. The summed E-state index contributed by atoms with van der Waals surface area (Å²) in [5.74, 6) is -0.668. The number of methoxy groups -OCH3 is 1. The second-order valence-electron chi connectivity index (χ2n) is 8.46. The van der Waals surface area contributed by atoms with Gasteiger partial charge in [0.1, 0.15) is 0 Å². The zero-order valence-electron chi connectivity index (χ0n) is 18.8. The van der Waals surface area contributed by atoms with Gasteiger partial charge in [-0.1, -0.05) is 32.9 Å². The molecule has 0 aliphatic rings. The monoisotopic (exact) mass is 447 g/mol. The lowest BCUT2D eigenvalue weighted by atomic mass is 9.87. The van der Waals surface area contributed by atoms with Crippen LogP contribution in [0.2, 0.25) is 0 Å². The second-order valence-corrected chi connectivity index (χ2v) is 8.46. The largest absolute Gasteiger partial charge is 0.490 e. The first kappa shape index (κ1) is 23.5. The van der Waals surface area contributed by atoms with E-state index in [4.69, 9.17) is 4.74 Å². The van der Waals surface area contributed by atoms with Crippen molar-refractivity contribution in [1.29, 1.82) is 0 Å². The number of amides is 2. The number of nitro groups is 1. The van der Waals surface area contributed by atoms with Crippen LogP contribution in [-0.4, -0.2) is 23.8 Å². The summed E-state index contributed by atoms with van der Waals surface area (Å²) in [4.78, 5) is 35.6. The molecule has 0 radical (unpaired) electrons. The van der Waals surface area contributed by atoms with Gasteiger partial charge in [-0.15, -0.1) is 0 Å². The predicted molar refractivity (Wildman–Crippen MR) is 127 cm³/mol. The van der Waals surface area contributed by atoms with E-state index in [9.17, 15) is 19.7 Å². The third-order valence-corrected chi connectivity index (χ3v) is 5.05. The van der Waals surface area contributed by atoms with Gasteiger partial charge in [0.15, 0.2) is 5.75 Å². The molecular formula is C25H25N3O5. The molecule has 2 amide bonds. The minimum atomic E-state index is -0.607. The van der Waals surface area contributed by atoms with E-state index in [-0.39, 0.29) is 28.3 Å². The van der Waals surface area contributed by atoms with Crippen molar-refractivity contribution in [3.8, 4) is 5.75 Å². The molecule has 170 valence electrons. The van der Waals surface area contributed by atoms with E-state index in [1.54, 1.807) is 36.4 Å². The summed E-state index contributed by atoms with van der Waals surface area (Å²) in [7, 11) is 1.32. The van der Waals surface area contributed by atoms with Crippen LogP contribution in [0, 0.1) is 10.1 Å². The van der Waals surface area contributed by atoms with Crippen LogP contribution in [0.3, 0.4) is 0 Å². The van der Waals surface area contributed by atoms with Gasteiger partial charge in [0.2, 0.25) is 0 Å². The standard InChI is InChI=1S/C25H25N3O5/c1-25(2,3)18-8-5-16(6-9-18)23(29)26-19-10-12-20(13-11-19)27-24(30)17-7-14-22(33-4)21(15-17)28(31)32/h5-15H,1-4H3,(H,26,29)(H,27,30). The Bertz CT molecular complexity index is 1180. The lowest BCUT2D eigenvalue weighted by molar-refractivity contribution is -0.385. The molecule has 0 fully saturated rings. The van der Waals surface area contributed by atoms with Gasteiger partial charge in [0.05, 0.1) is 12.0 Å². The summed E-state index contributed by atoms with van der Waals surface area (Å²) < 4.78 is 4.95. The minimum absolute atomic E-state index is 0.00596. The number of hydrogen-bond donors (Lipinski definition) is 2. The van der Waals surface area contributed by atoms with Gasteiger partial charge in [0, 0.05) is 28.6 Å². The molecule has 0 atom stereocenters. The normalized spacial score (nSPS) is 10.9. The summed E-state index contributed by atoms with van der Waals surface area (Å²) in [6.45, 7) is 6.33. The Morgan fingerprint density at radius 2 is 1.30 bits per heavy atom. The number of nitrogens with zero attached hydrogens (tertiary/aromatic N) is 1. The number of nitrogens with one attached hydrogen (secondary N) is 2. The van der Waals surface area contributed by atoms with Crippen LogP contribution in [0.25, 0.3) is 0 Å². The van der Waals surface area contributed by atoms with Gasteiger partial charge >= 0.3 is 5.69 Å². The fourth-order valence-corrected chi connectivity index (χ4v) is 3.14. The van der Waals surface area contributed by atoms with E-state index < -0.39 is 10.8 Å². The highest BCUT2D eigenvalue weighted by atomic mass is 16.6. The number of benzene rings is 3. The van der Waals surface area contributed by atoms with Gasteiger partial charge in [-0.3, -0.25) is 19.7 Å². The van der Waals surface area contributed by atoms with Crippen molar-refractivity contribution in [1.82, 2.24) is 0 Å². The number of carbonyl (C=O) groups excluding carboxylic acids is 2. The highest BCUT2D eigenvalue weighted by Gasteiger charge is 2.18. The first-order valence-electron chi connectivity index (χ1n) is 10.2. The van der Waals surface area contributed by atoms with Gasteiger partial charge < -0.3 is 15.4 Å². The summed E-state index contributed by atoms with van der Waals surface area (Å²) in [6.07, 6.45) is 0. The molecule has 0 unspecified atom stereocenters. The van der Waals surface area contributed by atoms with E-state index in [1.807, 2.05) is 12.1 Å². The minimum Gasteiger partial charge on any atom is -0.490 e. The van der Waals surface area contributed by atoms with Crippen LogP contribution in [0.15, 0.2) is 66.7 Å². The number of rotatable bonds is 6. The molecule has 0 aliphatic carbocycles. The predicted octanol–water partition coefficient (Wildman–Crippen LogP) is 5.41. The Hall–Kier alpha value is -4.20. The van der Waals surface area contributed by atoms with Crippen LogP contribution in [0.1, 0.15) is 47.1 Å². The van der Waals surface area contributed by atoms with Gasteiger partial charge in [-0.2, -0.15) is 0 Å². The molecule has 2 N–H and O–H groups in total. The average molecular weight is 447 g/mol. The summed E-state index contributed by atoms with van der Waals surface area (Å²) in [6, 6.07) is 18.0. The SMILES string of the molecule is COc1ccc(C(=O)Nc2ccc(NC(=O)c3ccc(C(C)(C)C)cc3)cc2)cc1[N+](=O)[O-]. The summed E-state index contributed by atoms with van der Waals surface area (Å²) in [5.41, 5.74) is 2.57. The molecule has 3 aromatic rings. The van der Waals surface area contributed by atoms with Gasteiger partial charge in [-0.25, -0.2) is 0 Å². The first-order chi connectivity index (χ1) is 15.6. The van der Waals surface area contributed by atoms with Crippen molar-refractivity contribution in [2.45, 2.75) is 26.2 Å². The molecular weight excluding hydrogens is 422 g/mol. The third kappa shape index (κ3) is 5.74. The van der Waals surface area contributed by atoms with E-state index >= 15 is 0 Å². The number of ether oxygens (including phenoxy) is 1. The van der Waals surface area contributed by atoms with Crippen LogP contribution in [0.4, 0.5) is 17.1 Å². The van der Waals surface area contributed by atoms with Crippen molar-refractivity contribution in [2.24, 2.45) is 0 Å². The molecule has 0 aromatic heterocycles. The molecule has 3 rings (SSSR count). The molecule has 0 heterocycles. The third-order valence-electron chi connectivity index (χ3n) is 5.05. The Morgan fingerprint density at radius 1 is 0.818 bits per heavy atom. The molecule has 3 aromatic carbocycles. The van der Waals surface area contributed by atoms with Crippen molar-refractivity contribution in [3.05, 3.63) is 93.5 Å². The maximum Gasteiger partial charge on any atom is 0.311 e. The van der Waals surface area contributed by atoms with Crippen molar-refractivity contribution < 1.29 is 19.2 Å². The van der Waals surface area contributed by atoms with Crippen molar-refractivity contribution in [3.63, 3.8) is 0 Å².